The third kappa shape index (κ3) is 2.61. The molecular formula is C16H19N3. The van der Waals surface area contributed by atoms with Gasteiger partial charge in [-0.05, 0) is 43.1 Å². The van der Waals surface area contributed by atoms with Crippen LogP contribution in [0.15, 0.2) is 42.6 Å². The Morgan fingerprint density at radius 1 is 1.21 bits per heavy atom. The van der Waals surface area contributed by atoms with E-state index in [4.69, 9.17) is 0 Å². The van der Waals surface area contributed by atoms with Crippen molar-refractivity contribution in [3.63, 3.8) is 0 Å². The van der Waals surface area contributed by atoms with Crippen LogP contribution in [0.2, 0.25) is 0 Å². The molecule has 0 amide bonds. The van der Waals surface area contributed by atoms with Crippen LogP contribution in [0.3, 0.4) is 0 Å². The maximum atomic E-state index is 4.35. The summed E-state index contributed by atoms with van der Waals surface area (Å²) in [5.74, 6) is 0. The van der Waals surface area contributed by atoms with Crippen LogP contribution in [0, 0.1) is 6.92 Å². The zero-order valence-corrected chi connectivity index (χ0v) is 11.2. The maximum absolute atomic E-state index is 4.35. The van der Waals surface area contributed by atoms with Gasteiger partial charge in [0.15, 0.2) is 0 Å². The highest BCUT2D eigenvalue weighted by atomic mass is 15.0. The second-order valence-electron chi connectivity index (χ2n) is 5.00. The maximum Gasteiger partial charge on any atom is 0.0603 e. The molecule has 3 rings (SSSR count). The van der Waals surface area contributed by atoms with Gasteiger partial charge in [0, 0.05) is 12.7 Å². The molecule has 1 aromatic carbocycles. The topological polar surface area (TPSA) is 37.0 Å². The molecule has 3 nitrogen and oxygen atoms in total. The SMILES string of the molecule is Cc1ncccc1NC1CCNCc2ccccc21. The number of pyridine rings is 1. The first kappa shape index (κ1) is 12.2. The van der Waals surface area contributed by atoms with Gasteiger partial charge in [0.25, 0.3) is 0 Å². The lowest BCUT2D eigenvalue weighted by atomic mass is 9.99. The van der Waals surface area contributed by atoms with Gasteiger partial charge in [0.05, 0.1) is 17.4 Å². The fraction of sp³-hybridized carbons (Fsp3) is 0.312. The average Bonchev–Trinajstić information content (AvgIpc) is 2.64. The summed E-state index contributed by atoms with van der Waals surface area (Å²) in [6, 6.07) is 13.1. The highest BCUT2D eigenvalue weighted by Gasteiger charge is 2.18. The van der Waals surface area contributed by atoms with Crippen molar-refractivity contribution in [3.05, 3.63) is 59.4 Å². The van der Waals surface area contributed by atoms with E-state index in [9.17, 15) is 0 Å². The van der Waals surface area contributed by atoms with Gasteiger partial charge in [-0.3, -0.25) is 4.98 Å². The van der Waals surface area contributed by atoms with E-state index in [2.05, 4.69) is 45.9 Å². The van der Waals surface area contributed by atoms with Crippen molar-refractivity contribution < 1.29 is 0 Å². The number of anilines is 1. The molecule has 1 aliphatic heterocycles. The van der Waals surface area contributed by atoms with Crippen molar-refractivity contribution in [2.24, 2.45) is 0 Å². The molecular weight excluding hydrogens is 234 g/mol. The summed E-state index contributed by atoms with van der Waals surface area (Å²) in [6.07, 6.45) is 2.93. The lowest BCUT2D eigenvalue weighted by Gasteiger charge is -2.21. The Balaban J connectivity index is 1.91. The Morgan fingerprint density at radius 2 is 2.11 bits per heavy atom. The molecule has 0 saturated carbocycles. The zero-order chi connectivity index (χ0) is 13.1. The van der Waals surface area contributed by atoms with Crippen LogP contribution in [0.5, 0.6) is 0 Å². The van der Waals surface area contributed by atoms with Crippen molar-refractivity contribution in [3.8, 4) is 0 Å². The summed E-state index contributed by atoms with van der Waals surface area (Å²) < 4.78 is 0. The molecule has 2 heterocycles. The molecule has 19 heavy (non-hydrogen) atoms. The summed E-state index contributed by atoms with van der Waals surface area (Å²) in [5.41, 5.74) is 4.97. The standard InChI is InChI=1S/C16H19N3/c1-12-15(7-4-9-18-12)19-16-8-10-17-11-13-5-2-3-6-14(13)16/h2-7,9,16-17,19H,8,10-11H2,1H3. The Labute approximate surface area is 114 Å². The molecule has 2 aromatic rings. The average molecular weight is 253 g/mol. The molecule has 98 valence electrons. The Kier molecular flexibility index (Phi) is 3.47. The number of benzene rings is 1. The van der Waals surface area contributed by atoms with E-state index >= 15 is 0 Å². The number of rotatable bonds is 2. The molecule has 2 N–H and O–H groups in total. The largest absolute Gasteiger partial charge is 0.377 e. The normalized spacial score (nSPS) is 18.5. The van der Waals surface area contributed by atoms with Gasteiger partial charge in [0.1, 0.15) is 0 Å². The van der Waals surface area contributed by atoms with E-state index in [0.717, 1.165) is 30.9 Å². The van der Waals surface area contributed by atoms with Crippen LogP contribution < -0.4 is 10.6 Å². The van der Waals surface area contributed by atoms with Gasteiger partial charge in [-0.1, -0.05) is 24.3 Å². The predicted molar refractivity (Wildman–Crippen MR) is 78.1 cm³/mol. The molecule has 0 bridgehead atoms. The summed E-state index contributed by atoms with van der Waals surface area (Å²) >= 11 is 0. The monoisotopic (exact) mass is 253 g/mol. The van der Waals surface area contributed by atoms with Gasteiger partial charge in [-0.25, -0.2) is 0 Å². The number of hydrogen-bond donors (Lipinski definition) is 2. The molecule has 1 unspecified atom stereocenters. The minimum absolute atomic E-state index is 0.356. The number of nitrogens with zero attached hydrogens (tertiary/aromatic N) is 1. The van der Waals surface area contributed by atoms with Gasteiger partial charge in [-0.2, -0.15) is 0 Å². The summed E-state index contributed by atoms with van der Waals surface area (Å²) in [7, 11) is 0. The first-order chi connectivity index (χ1) is 9.34. The Morgan fingerprint density at radius 3 is 3.00 bits per heavy atom. The van der Waals surface area contributed by atoms with Crippen molar-refractivity contribution in [2.45, 2.75) is 25.9 Å². The second-order valence-corrected chi connectivity index (χ2v) is 5.00. The number of hydrogen-bond acceptors (Lipinski definition) is 3. The van der Waals surface area contributed by atoms with Crippen LogP contribution in [0.25, 0.3) is 0 Å². The Bertz CT molecular complexity index is 565. The highest BCUT2D eigenvalue weighted by Crippen LogP contribution is 2.28. The number of aromatic nitrogens is 1. The number of aryl methyl sites for hydroxylation is 1. The lowest BCUT2D eigenvalue weighted by molar-refractivity contribution is 0.636. The van der Waals surface area contributed by atoms with Crippen molar-refractivity contribution >= 4 is 5.69 Å². The quantitative estimate of drug-likeness (QED) is 0.863. The van der Waals surface area contributed by atoms with Gasteiger partial charge in [0.2, 0.25) is 0 Å². The number of fused-ring (bicyclic) bond motifs is 1. The van der Waals surface area contributed by atoms with E-state index in [1.54, 1.807) is 0 Å². The molecule has 0 saturated heterocycles. The summed E-state index contributed by atoms with van der Waals surface area (Å²) in [6.45, 7) is 4.04. The summed E-state index contributed by atoms with van der Waals surface area (Å²) in [4.78, 5) is 4.35. The van der Waals surface area contributed by atoms with Crippen molar-refractivity contribution in [1.29, 1.82) is 0 Å². The van der Waals surface area contributed by atoms with Crippen LogP contribution >= 0.6 is 0 Å². The minimum Gasteiger partial charge on any atom is -0.377 e. The van der Waals surface area contributed by atoms with Gasteiger partial charge in [-0.15, -0.1) is 0 Å². The first-order valence-electron chi connectivity index (χ1n) is 6.81. The molecule has 0 aliphatic carbocycles. The Hall–Kier alpha value is -1.87. The van der Waals surface area contributed by atoms with E-state index in [1.165, 1.54) is 11.1 Å². The predicted octanol–water partition coefficient (Wildman–Crippen LogP) is 3.04. The van der Waals surface area contributed by atoms with Crippen molar-refractivity contribution in [2.75, 3.05) is 11.9 Å². The van der Waals surface area contributed by atoms with E-state index < -0.39 is 0 Å². The van der Waals surface area contributed by atoms with Crippen molar-refractivity contribution in [1.82, 2.24) is 10.3 Å². The molecule has 0 fully saturated rings. The van der Waals surface area contributed by atoms with Crippen LogP contribution in [-0.2, 0) is 6.54 Å². The van der Waals surface area contributed by atoms with Crippen LogP contribution in [0.4, 0.5) is 5.69 Å². The fourth-order valence-electron chi connectivity index (χ4n) is 2.63. The van der Waals surface area contributed by atoms with E-state index in [-0.39, 0.29) is 0 Å². The van der Waals surface area contributed by atoms with Crippen LogP contribution in [0.1, 0.15) is 29.3 Å². The zero-order valence-electron chi connectivity index (χ0n) is 11.2. The molecule has 3 heteroatoms. The van der Waals surface area contributed by atoms with Gasteiger partial charge >= 0.3 is 0 Å². The molecule has 0 spiro atoms. The van der Waals surface area contributed by atoms with E-state index in [1.807, 2.05) is 19.2 Å². The smallest absolute Gasteiger partial charge is 0.0603 e. The molecule has 1 aromatic heterocycles. The van der Waals surface area contributed by atoms with Crippen LogP contribution in [-0.4, -0.2) is 11.5 Å². The number of nitrogens with one attached hydrogen (secondary N) is 2. The minimum atomic E-state index is 0.356. The highest BCUT2D eigenvalue weighted by molar-refractivity contribution is 5.49. The lowest BCUT2D eigenvalue weighted by Crippen LogP contribution is -2.15. The molecule has 1 aliphatic rings. The van der Waals surface area contributed by atoms with Gasteiger partial charge < -0.3 is 10.6 Å². The molecule has 1 atom stereocenters. The van der Waals surface area contributed by atoms with E-state index in [0.29, 0.717) is 6.04 Å². The fourth-order valence-corrected chi connectivity index (χ4v) is 2.63. The third-order valence-corrected chi connectivity index (χ3v) is 3.69. The summed E-state index contributed by atoms with van der Waals surface area (Å²) in [5, 5.41) is 7.12. The molecule has 0 radical (unpaired) electrons. The second kappa shape index (κ2) is 5.41. The third-order valence-electron chi connectivity index (χ3n) is 3.69. The first-order valence-corrected chi connectivity index (χ1v) is 6.81.